The smallest absolute Gasteiger partial charge is 0.200 e. The van der Waals surface area contributed by atoms with Gasteiger partial charge in [0.1, 0.15) is 12.3 Å². The van der Waals surface area contributed by atoms with Crippen molar-refractivity contribution in [1.29, 1.82) is 0 Å². The molecule has 2 rings (SSSR count). The Morgan fingerprint density at radius 1 is 1.21 bits per heavy atom. The highest BCUT2D eigenvalue weighted by Crippen LogP contribution is 2.35. The first-order valence-electron chi connectivity index (χ1n) is 6.67. The van der Waals surface area contributed by atoms with E-state index >= 15 is 0 Å². The largest absolute Gasteiger partial charge is 0.487 e. The maximum absolute atomic E-state index is 14.4. The Kier molecular flexibility index (Phi) is 4.07. The van der Waals surface area contributed by atoms with E-state index in [4.69, 9.17) is 4.74 Å². The first kappa shape index (κ1) is 14.2. The molecule has 0 unspecified atom stereocenters. The number of hydrogen-bond donors (Lipinski definition) is 0. The molecule has 1 nitrogen and oxygen atoms in total. The van der Waals surface area contributed by atoms with Gasteiger partial charge in [0.25, 0.3) is 0 Å². The van der Waals surface area contributed by atoms with Crippen LogP contribution >= 0.6 is 0 Å². The fraction of sp³-hybridized carbons (Fsp3) is 0.600. The average Bonchev–Trinajstić information content (AvgIpc) is 2.39. The summed E-state index contributed by atoms with van der Waals surface area (Å²) in [6.45, 7) is 3.36. The van der Waals surface area contributed by atoms with Gasteiger partial charge in [-0.05, 0) is 50.2 Å². The van der Waals surface area contributed by atoms with E-state index < -0.39 is 17.3 Å². The lowest BCUT2D eigenvalue weighted by Crippen LogP contribution is -2.35. The van der Waals surface area contributed by atoms with Crippen LogP contribution < -0.4 is 4.74 Å². The van der Waals surface area contributed by atoms with Gasteiger partial charge in [0.15, 0.2) is 11.6 Å². The molecule has 0 saturated heterocycles. The minimum atomic E-state index is -1.42. The van der Waals surface area contributed by atoms with Crippen molar-refractivity contribution in [3.05, 3.63) is 29.3 Å². The van der Waals surface area contributed by atoms with Crippen molar-refractivity contribution >= 4 is 0 Å². The standard InChI is InChI=1S/C15H19F3O/c1-10-5-7-15(18,8-6-10)9-19-12-4-3-11(2)13(16)14(12)17/h3-4,10H,5-9H2,1-2H3. The van der Waals surface area contributed by atoms with Gasteiger partial charge >= 0.3 is 0 Å². The summed E-state index contributed by atoms with van der Waals surface area (Å²) in [4.78, 5) is 0. The number of alkyl halides is 1. The van der Waals surface area contributed by atoms with Crippen LogP contribution in [0, 0.1) is 24.5 Å². The predicted octanol–water partition coefficient (Wildman–Crippen LogP) is 4.57. The minimum Gasteiger partial charge on any atom is -0.487 e. The summed E-state index contributed by atoms with van der Waals surface area (Å²) in [5, 5.41) is 0. The molecule has 1 aliphatic rings. The van der Waals surface area contributed by atoms with Crippen LogP contribution in [0.4, 0.5) is 13.2 Å². The molecule has 1 aromatic carbocycles. The second kappa shape index (κ2) is 5.43. The van der Waals surface area contributed by atoms with Gasteiger partial charge in [-0.2, -0.15) is 4.39 Å². The summed E-state index contributed by atoms with van der Waals surface area (Å²) in [6, 6.07) is 2.78. The van der Waals surface area contributed by atoms with Crippen LogP contribution in [0.5, 0.6) is 5.75 Å². The van der Waals surface area contributed by atoms with Crippen molar-refractivity contribution in [1.82, 2.24) is 0 Å². The second-order valence-corrected chi connectivity index (χ2v) is 5.63. The number of benzene rings is 1. The van der Waals surface area contributed by atoms with Gasteiger partial charge in [-0.15, -0.1) is 0 Å². The van der Waals surface area contributed by atoms with Crippen molar-refractivity contribution in [3.8, 4) is 5.75 Å². The second-order valence-electron chi connectivity index (χ2n) is 5.63. The zero-order valence-corrected chi connectivity index (χ0v) is 11.3. The van der Waals surface area contributed by atoms with E-state index in [1.807, 2.05) is 0 Å². The maximum Gasteiger partial charge on any atom is 0.200 e. The molecule has 1 saturated carbocycles. The monoisotopic (exact) mass is 272 g/mol. The number of aryl methyl sites for hydroxylation is 1. The predicted molar refractivity (Wildman–Crippen MR) is 68.1 cm³/mol. The summed E-state index contributed by atoms with van der Waals surface area (Å²) >= 11 is 0. The third kappa shape index (κ3) is 3.23. The van der Waals surface area contributed by atoms with Crippen LogP contribution in [0.25, 0.3) is 0 Å². The topological polar surface area (TPSA) is 9.23 Å². The molecule has 1 aromatic rings. The molecule has 0 amide bonds. The van der Waals surface area contributed by atoms with Gasteiger partial charge in [-0.25, -0.2) is 8.78 Å². The van der Waals surface area contributed by atoms with Crippen LogP contribution in [0.15, 0.2) is 12.1 Å². The van der Waals surface area contributed by atoms with E-state index in [0.29, 0.717) is 18.8 Å². The molecule has 106 valence electrons. The molecular weight excluding hydrogens is 253 g/mol. The van der Waals surface area contributed by atoms with Crippen LogP contribution in [-0.2, 0) is 0 Å². The van der Waals surface area contributed by atoms with Crippen molar-refractivity contribution < 1.29 is 17.9 Å². The van der Waals surface area contributed by atoms with Crippen molar-refractivity contribution in [2.75, 3.05) is 6.61 Å². The van der Waals surface area contributed by atoms with Gasteiger partial charge in [0.05, 0.1) is 0 Å². The number of ether oxygens (including phenoxy) is 1. The molecule has 0 N–H and O–H groups in total. The Morgan fingerprint density at radius 3 is 2.47 bits per heavy atom. The van der Waals surface area contributed by atoms with Crippen LogP contribution in [0.2, 0.25) is 0 Å². The Balaban J connectivity index is 2.01. The average molecular weight is 272 g/mol. The van der Waals surface area contributed by atoms with Gasteiger partial charge in [0, 0.05) is 0 Å². The quantitative estimate of drug-likeness (QED) is 0.783. The van der Waals surface area contributed by atoms with E-state index in [2.05, 4.69) is 6.92 Å². The van der Waals surface area contributed by atoms with E-state index in [9.17, 15) is 13.2 Å². The Morgan fingerprint density at radius 2 is 1.84 bits per heavy atom. The van der Waals surface area contributed by atoms with E-state index in [1.165, 1.54) is 19.1 Å². The summed E-state index contributed by atoms with van der Waals surface area (Å²) < 4.78 is 46.5. The zero-order valence-electron chi connectivity index (χ0n) is 11.3. The molecule has 0 spiro atoms. The zero-order chi connectivity index (χ0) is 14.0. The van der Waals surface area contributed by atoms with Crippen LogP contribution in [0.3, 0.4) is 0 Å². The molecule has 0 heterocycles. The lowest BCUT2D eigenvalue weighted by atomic mass is 9.81. The molecule has 0 atom stereocenters. The molecule has 0 radical (unpaired) electrons. The first-order chi connectivity index (χ1) is 8.91. The highest BCUT2D eigenvalue weighted by atomic mass is 19.2. The van der Waals surface area contributed by atoms with Crippen LogP contribution in [0.1, 0.15) is 38.2 Å². The summed E-state index contributed by atoms with van der Waals surface area (Å²) in [6.07, 6.45) is 2.46. The Hall–Kier alpha value is -1.19. The summed E-state index contributed by atoms with van der Waals surface area (Å²) in [5.41, 5.74) is -1.20. The lowest BCUT2D eigenvalue weighted by Gasteiger charge is -2.32. The van der Waals surface area contributed by atoms with Gasteiger partial charge in [-0.3, -0.25) is 0 Å². The fourth-order valence-electron chi connectivity index (χ4n) is 2.37. The number of rotatable bonds is 3. The fourth-order valence-corrected chi connectivity index (χ4v) is 2.37. The number of hydrogen-bond acceptors (Lipinski definition) is 1. The van der Waals surface area contributed by atoms with E-state index in [1.54, 1.807) is 0 Å². The third-order valence-electron chi connectivity index (χ3n) is 3.90. The third-order valence-corrected chi connectivity index (χ3v) is 3.90. The molecule has 4 heteroatoms. The van der Waals surface area contributed by atoms with Crippen LogP contribution in [-0.4, -0.2) is 12.3 Å². The SMILES string of the molecule is Cc1ccc(OCC2(F)CCC(C)CC2)c(F)c1F. The molecule has 1 aliphatic carbocycles. The Bertz CT molecular complexity index is 451. The van der Waals surface area contributed by atoms with Gasteiger partial charge in [0.2, 0.25) is 5.82 Å². The first-order valence-corrected chi connectivity index (χ1v) is 6.67. The molecule has 1 fully saturated rings. The van der Waals surface area contributed by atoms with Crippen molar-refractivity contribution in [2.45, 2.75) is 45.2 Å². The number of halogens is 3. The highest BCUT2D eigenvalue weighted by molar-refractivity contribution is 5.30. The molecule has 0 aliphatic heterocycles. The highest BCUT2D eigenvalue weighted by Gasteiger charge is 2.35. The normalized spacial score (nSPS) is 27.3. The Labute approximate surface area is 111 Å². The summed E-state index contributed by atoms with van der Waals surface area (Å²) in [5.74, 6) is -1.65. The minimum absolute atomic E-state index is 0.209. The van der Waals surface area contributed by atoms with E-state index in [-0.39, 0.29) is 17.9 Å². The van der Waals surface area contributed by atoms with E-state index in [0.717, 1.165) is 12.8 Å². The summed E-state index contributed by atoms with van der Waals surface area (Å²) in [7, 11) is 0. The lowest BCUT2D eigenvalue weighted by molar-refractivity contribution is 0.0335. The van der Waals surface area contributed by atoms with Gasteiger partial charge in [-0.1, -0.05) is 13.0 Å². The molecule has 0 aromatic heterocycles. The van der Waals surface area contributed by atoms with Gasteiger partial charge < -0.3 is 4.74 Å². The maximum atomic E-state index is 14.4. The van der Waals surface area contributed by atoms with Crippen molar-refractivity contribution in [3.63, 3.8) is 0 Å². The van der Waals surface area contributed by atoms with Crippen molar-refractivity contribution in [2.24, 2.45) is 5.92 Å². The molecule has 19 heavy (non-hydrogen) atoms. The molecule has 0 bridgehead atoms. The molecular formula is C15H19F3O.